The molecule has 2 aromatic rings. The number of amides is 3. The van der Waals surface area contributed by atoms with E-state index in [0.29, 0.717) is 17.5 Å². The summed E-state index contributed by atoms with van der Waals surface area (Å²) in [4.78, 5) is 44.5. The molecule has 1 atom stereocenters. The number of halogens is 1. The van der Waals surface area contributed by atoms with Crippen molar-refractivity contribution in [3.05, 3.63) is 52.9 Å². The fourth-order valence-electron chi connectivity index (χ4n) is 5.09. The van der Waals surface area contributed by atoms with Gasteiger partial charge in [-0.15, -0.1) is 0 Å². The van der Waals surface area contributed by atoms with Crippen molar-refractivity contribution in [2.45, 2.75) is 50.7 Å². The summed E-state index contributed by atoms with van der Waals surface area (Å²) in [5.41, 5.74) is 2.89. The summed E-state index contributed by atoms with van der Waals surface area (Å²) >= 11 is 0. The number of aromatic nitrogens is 2. The molecule has 32 heavy (non-hydrogen) atoms. The third-order valence-electron chi connectivity index (χ3n) is 6.97. The van der Waals surface area contributed by atoms with Crippen molar-refractivity contribution in [2.75, 3.05) is 13.1 Å². The van der Waals surface area contributed by atoms with Crippen LogP contribution >= 0.6 is 0 Å². The van der Waals surface area contributed by atoms with E-state index in [-0.39, 0.29) is 36.5 Å². The molecule has 0 bridgehead atoms. The molecule has 3 amide bonds. The van der Waals surface area contributed by atoms with Crippen LogP contribution in [0.4, 0.5) is 4.39 Å². The Morgan fingerprint density at radius 2 is 1.94 bits per heavy atom. The number of carbonyl (C=O) groups excluding carboxylic acids is 3. The number of aryl methyl sites for hydroxylation is 1. The number of hydrogen-bond donors (Lipinski definition) is 1. The molecule has 2 fully saturated rings. The molecule has 0 saturated carbocycles. The number of benzene rings is 1. The van der Waals surface area contributed by atoms with E-state index in [4.69, 9.17) is 0 Å². The Morgan fingerprint density at radius 3 is 2.62 bits per heavy atom. The molecule has 1 unspecified atom stereocenters. The Balaban J connectivity index is 1.28. The highest BCUT2D eigenvalue weighted by Gasteiger charge is 2.40. The maximum atomic E-state index is 15.0. The van der Waals surface area contributed by atoms with Gasteiger partial charge in [-0.25, -0.2) is 9.37 Å². The molecule has 3 aliphatic heterocycles. The molecule has 1 aromatic carbocycles. The third-order valence-corrected chi connectivity index (χ3v) is 6.97. The van der Waals surface area contributed by atoms with E-state index >= 15 is 4.39 Å². The molecule has 0 radical (unpaired) electrons. The average Bonchev–Trinajstić information content (AvgIpc) is 3.31. The minimum Gasteiger partial charge on any atom is -0.337 e. The molecule has 168 valence electrons. The topological polar surface area (TPSA) is 87.5 Å². The highest BCUT2D eigenvalue weighted by molar-refractivity contribution is 6.05. The Morgan fingerprint density at radius 1 is 1.16 bits per heavy atom. The van der Waals surface area contributed by atoms with Gasteiger partial charge in [-0.1, -0.05) is 6.07 Å². The molecule has 0 aliphatic carbocycles. The van der Waals surface area contributed by atoms with Crippen LogP contribution in [0.5, 0.6) is 0 Å². The Bertz CT molecular complexity index is 1090. The molecule has 1 N–H and O–H groups in total. The number of likely N-dealkylation sites (tertiary alicyclic amines) is 1. The number of nitrogens with zero attached hydrogens (tertiary/aromatic N) is 4. The molecular weight excluding hydrogens is 413 g/mol. The van der Waals surface area contributed by atoms with E-state index in [9.17, 15) is 14.4 Å². The van der Waals surface area contributed by atoms with Gasteiger partial charge in [-0.2, -0.15) is 0 Å². The summed E-state index contributed by atoms with van der Waals surface area (Å²) in [6.45, 7) is 2.83. The fraction of sp³-hybridized carbons (Fsp3) is 0.478. The van der Waals surface area contributed by atoms with Crippen molar-refractivity contribution in [1.29, 1.82) is 0 Å². The molecular formula is C23H26FN5O3. The van der Waals surface area contributed by atoms with Gasteiger partial charge in [0.2, 0.25) is 11.8 Å². The second kappa shape index (κ2) is 8.12. The lowest BCUT2D eigenvalue weighted by Crippen LogP contribution is -2.52. The standard InChI is InChI=1S/C23H26FN5O3/c1-27-13-25-10-16(27)12-28-6-4-14(5-7-28)17-8-15-11-29(23(32)18(15)9-19(17)24)20-2-3-21(30)26-22(20)31/h8-10,13-14,20H,2-7,11-12H2,1H3,(H,26,30,31). The monoisotopic (exact) mass is 439 g/mol. The maximum absolute atomic E-state index is 15.0. The lowest BCUT2D eigenvalue weighted by atomic mass is 9.87. The number of nitrogens with one attached hydrogen (secondary N) is 1. The quantitative estimate of drug-likeness (QED) is 0.733. The van der Waals surface area contributed by atoms with Crippen LogP contribution in [-0.2, 0) is 29.7 Å². The van der Waals surface area contributed by atoms with Crippen LogP contribution in [0.2, 0.25) is 0 Å². The van der Waals surface area contributed by atoms with Crippen LogP contribution in [0.3, 0.4) is 0 Å². The number of imidazole rings is 1. The van der Waals surface area contributed by atoms with Gasteiger partial charge in [-0.05, 0) is 55.5 Å². The zero-order valence-electron chi connectivity index (χ0n) is 18.0. The molecule has 0 spiro atoms. The van der Waals surface area contributed by atoms with Crippen molar-refractivity contribution in [3.8, 4) is 0 Å². The van der Waals surface area contributed by atoms with Gasteiger partial charge in [0.1, 0.15) is 11.9 Å². The van der Waals surface area contributed by atoms with Gasteiger partial charge in [0.05, 0.1) is 12.0 Å². The molecule has 1 aromatic heterocycles. The number of fused-ring (bicyclic) bond motifs is 1. The van der Waals surface area contributed by atoms with Gasteiger partial charge < -0.3 is 9.47 Å². The smallest absolute Gasteiger partial charge is 0.255 e. The summed E-state index contributed by atoms with van der Waals surface area (Å²) in [7, 11) is 1.98. The van der Waals surface area contributed by atoms with Crippen LogP contribution in [0.15, 0.2) is 24.7 Å². The first-order valence-electron chi connectivity index (χ1n) is 11.0. The Hall–Kier alpha value is -3.07. The van der Waals surface area contributed by atoms with Gasteiger partial charge >= 0.3 is 0 Å². The molecule has 8 nitrogen and oxygen atoms in total. The van der Waals surface area contributed by atoms with Crippen LogP contribution in [-0.4, -0.2) is 56.2 Å². The molecule has 5 rings (SSSR count). The van der Waals surface area contributed by atoms with Crippen molar-refractivity contribution in [3.63, 3.8) is 0 Å². The van der Waals surface area contributed by atoms with Crippen molar-refractivity contribution in [1.82, 2.24) is 24.7 Å². The highest BCUT2D eigenvalue weighted by Crippen LogP contribution is 2.35. The van der Waals surface area contributed by atoms with Crippen LogP contribution in [0, 0.1) is 5.82 Å². The SMILES string of the molecule is Cn1cncc1CN1CCC(c2cc3c(cc2F)C(=O)N(C2CCC(=O)NC2=O)C3)CC1. The number of piperidine rings is 2. The summed E-state index contributed by atoms with van der Waals surface area (Å²) in [5, 5.41) is 2.30. The predicted molar refractivity (Wildman–Crippen MR) is 113 cm³/mol. The highest BCUT2D eigenvalue weighted by atomic mass is 19.1. The first-order chi connectivity index (χ1) is 15.4. The zero-order chi connectivity index (χ0) is 22.4. The molecule has 2 saturated heterocycles. The second-order valence-corrected chi connectivity index (χ2v) is 8.98. The average molecular weight is 439 g/mol. The number of carbonyl (C=O) groups is 3. The van der Waals surface area contributed by atoms with Crippen molar-refractivity contribution < 1.29 is 18.8 Å². The molecule has 3 aliphatic rings. The Labute approximate surface area is 185 Å². The van der Waals surface area contributed by atoms with E-state index in [1.54, 1.807) is 6.33 Å². The third kappa shape index (κ3) is 3.70. The lowest BCUT2D eigenvalue weighted by molar-refractivity contribution is -0.136. The van der Waals surface area contributed by atoms with Gasteiger partial charge in [0, 0.05) is 38.3 Å². The largest absolute Gasteiger partial charge is 0.337 e. The van der Waals surface area contributed by atoms with Crippen LogP contribution in [0.1, 0.15) is 58.8 Å². The van der Waals surface area contributed by atoms with Crippen LogP contribution < -0.4 is 5.32 Å². The van der Waals surface area contributed by atoms with Gasteiger partial charge in [0.25, 0.3) is 5.91 Å². The van der Waals surface area contributed by atoms with E-state index < -0.39 is 11.9 Å². The summed E-state index contributed by atoms with van der Waals surface area (Å²) in [6, 6.07) is 2.46. The summed E-state index contributed by atoms with van der Waals surface area (Å²) in [6.07, 6.45) is 5.86. The molecule has 9 heteroatoms. The predicted octanol–water partition coefficient (Wildman–Crippen LogP) is 1.70. The minimum atomic E-state index is -0.686. The van der Waals surface area contributed by atoms with E-state index in [1.165, 1.54) is 11.0 Å². The Kier molecular flexibility index (Phi) is 5.28. The first kappa shape index (κ1) is 20.8. The molecule has 4 heterocycles. The number of rotatable bonds is 4. The summed E-state index contributed by atoms with van der Waals surface area (Å²) in [5.74, 6) is -1.37. The zero-order valence-corrected chi connectivity index (χ0v) is 18.0. The maximum Gasteiger partial charge on any atom is 0.255 e. The second-order valence-electron chi connectivity index (χ2n) is 8.98. The van der Waals surface area contributed by atoms with E-state index in [1.807, 2.05) is 23.9 Å². The van der Waals surface area contributed by atoms with Gasteiger partial charge in [0.15, 0.2) is 0 Å². The van der Waals surface area contributed by atoms with Crippen molar-refractivity contribution in [2.24, 2.45) is 7.05 Å². The first-order valence-corrected chi connectivity index (χ1v) is 11.0. The summed E-state index contributed by atoms with van der Waals surface area (Å²) < 4.78 is 17.0. The normalized spacial score (nSPS) is 22.4. The van der Waals surface area contributed by atoms with Crippen LogP contribution in [0.25, 0.3) is 0 Å². The fourth-order valence-corrected chi connectivity index (χ4v) is 5.09. The number of hydrogen-bond acceptors (Lipinski definition) is 5. The number of imide groups is 1. The van der Waals surface area contributed by atoms with E-state index in [2.05, 4.69) is 15.2 Å². The van der Waals surface area contributed by atoms with Gasteiger partial charge in [-0.3, -0.25) is 24.6 Å². The van der Waals surface area contributed by atoms with E-state index in [0.717, 1.165) is 43.7 Å². The minimum absolute atomic E-state index is 0.0999. The lowest BCUT2D eigenvalue weighted by Gasteiger charge is -2.32. The van der Waals surface area contributed by atoms with Crippen molar-refractivity contribution >= 4 is 17.7 Å².